The number of benzene rings is 2. The molecule has 0 atom stereocenters. The van der Waals surface area contributed by atoms with Crippen molar-refractivity contribution in [3.8, 4) is 11.5 Å². The van der Waals surface area contributed by atoms with Gasteiger partial charge in [0.1, 0.15) is 17.1 Å². The van der Waals surface area contributed by atoms with E-state index in [-0.39, 0.29) is 11.8 Å². The number of likely N-dealkylation sites (tertiary alicyclic amines) is 1. The van der Waals surface area contributed by atoms with Crippen LogP contribution in [0.5, 0.6) is 11.5 Å². The maximum atomic E-state index is 12.7. The van der Waals surface area contributed by atoms with Crippen molar-refractivity contribution in [1.82, 2.24) is 4.90 Å². The number of rotatable bonds is 3. The molecule has 2 aromatic rings. The first kappa shape index (κ1) is 19.6. The van der Waals surface area contributed by atoms with Crippen LogP contribution in [-0.4, -0.2) is 42.0 Å². The Hall–Kier alpha value is -2.73. The van der Waals surface area contributed by atoms with Crippen LogP contribution >= 0.6 is 11.6 Å². The molecule has 2 aromatic carbocycles. The fourth-order valence-electron chi connectivity index (χ4n) is 3.86. The van der Waals surface area contributed by atoms with Crippen LogP contribution in [0.15, 0.2) is 42.5 Å². The van der Waals surface area contributed by atoms with Gasteiger partial charge in [-0.2, -0.15) is 0 Å². The molecule has 2 amide bonds. The van der Waals surface area contributed by atoms with Gasteiger partial charge in [0.2, 0.25) is 0 Å². The third-order valence-electron chi connectivity index (χ3n) is 5.43. The molecule has 152 valence electrons. The van der Waals surface area contributed by atoms with Crippen molar-refractivity contribution < 1.29 is 19.1 Å². The number of nitrogens with zero attached hydrogens (tertiary/aromatic N) is 1. The number of Topliss-reactive ketones (excluding diaryl/α,β-unsaturated/α-hetero) is 1. The molecule has 0 bridgehead atoms. The van der Waals surface area contributed by atoms with Crippen molar-refractivity contribution in [1.29, 1.82) is 0 Å². The minimum Gasteiger partial charge on any atom is -0.494 e. The van der Waals surface area contributed by atoms with Gasteiger partial charge in [0.15, 0.2) is 5.78 Å². The maximum Gasteiger partial charge on any atom is 0.321 e. The number of ketones is 1. The van der Waals surface area contributed by atoms with Gasteiger partial charge in [-0.3, -0.25) is 4.79 Å². The number of nitrogens with one attached hydrogen (secondary N) is 1. The average Bonchev–Trinajstić information content (AvgIpc) is 2.70. The summed E-state index contributed by atoms with van der Waals surface area (Å²) in [6, 6.07) is 12.2. The quantitative estimate of drug-likeness (QED) is 0.785. The maximum absolute atomic E-state index is 12.7. The van der Waals surface area contributed by atoms with Gasteiger partial charge < -0.3 is 19.7 Å². The van der Waals surface area contributed by atoms with Gasteiger partial charge in [0, 0.05) is 42.7 Å². The number of halogens is 1. The Kier molecular flexibility index (Phi) is 5.37. The van der Waals surface area contributed by atoms with Gasteiger partial charge in [0.25, 0.3) is 0 Å². The lowest BCUT2D eigenvalue weighted by atomic mass is 9.82. The third-order valence-corrected chi connectivity index (χ3v) is 5.68. The lowest BCUT2D eigenvalue weighted by Crippen LogP contribution is -2.53. The number of hydrogen-bond acceptors (Lipinski definition) is 4. The van der Waals surface area contributed by atoms with Crippen molar-refractivity contribution in [2.24, 2.45) is 0 Å². The Morgan fingerprint density at radius 1 is 1.21 bits per heavy atom. The summed E-state index contributed by atoms with van der Waals surface area (Å²) in [4.78, 5) is 27.0. The van der Waals surface area contributed by atoms with Crippen molar-refractivity contribution in [2.45, 2.75) is 31.8 Å². The molecule has 1 fully saturated rings. The van der Waals surface area contributed by atoms with E-state index in [1.165, 1.54) is 0 Å². The van der Waals surface area contributed by atoms with Crippen LogP contribution in [0.1, 0.15) is 36.5 Å². The third kappa shape index (κ3) is 4.17. The van der Waals surface area contributed by atoms with Crippen molar-refractivity contribution >= 4 is 29.1 Å². The zero-order valence-electron chi connectivity index (χ0n) is 16.2. The van der Waals surface area contributed by atoms with E-state index in [9.17, 15) is 9.59 Å². The highest BCUT2D eigenvalue weighted by molar-refractivity contribution is 6.30. The number of carbonyl (C=O) groups is 2. The molecule has 1 spiro atoms. The molecule has 0 unspecified atom stereocenters. The van der Waals surface area contributed by atoms with E-state index in [1.54, 1.807) is 47.4 Å². The summed E-state index contributed by atoms with van der Waals surface area (Å²) in [6.07, 6.45) is 1.54. The Labute approximate surface area is 174 Å². The molecule has 1 N–H and O–H groups in total. The summed E-state index contributed by atoms with van der Waals surface area (Å²) >= 11 is 5.88. The fourth-order valence-corrected chi connectivity index (χ4v) is 3.99. The highest BCUT2D eigenvalue weighted by atomic mass is 35.5. The highest BCUT2D eigenvalue weighted by Gasteiger charge is 2.43. The van der Waals surface area contributed by atoms with E-state index in [4.69, 9.17) is 21.1 Å². The molecule has 4 rings (SSSR count). The number of fused-ring (bicyclic) bond motifs is 1. The molecule has 1 saturated heterocycles. The van der Waals surface area contributed by atoms with Crippen LogP contribution in [0.25, 0.3) is 0 Å². The number of anilines is 1. The van der Waals surface area contributed by atoms with Crippen LogP contribution < -0.4 is 14.8 Å². The van der Waals surface area contributed by atoms with Gasteiger partial charge >= 0.3 is 6.03 Å². The number of amides is 2. The molecular formula is C22H23ClN2O4. The summed E-state index contributed by atoms with van der Waals surface area (Å²) in [5, 5.41) is 3.50. The van der Waals surface area contributed by atoms with Gasteiger partial charge in [-0.15, -0.1) is 0 Å². The second-order valence-electron chi connectivity index (χ2n) is 7.40. The summed E-state index contributed by atoms with van der Waals surface area (Å²) in [5.74, 6) is 1.34. The number of urea groups is 1. The largest absolute Gasteiger partial charge is 0.494 e. The summed E-state index contributed by atoms with van der Waals surface area (Å²) in [6.45, 7) is 3.51. The molecule has 0 aliphatic carbocycles. The Balaban J connectivity index is 1.42. The van der Waals surface area contributed by atoms with Gasteiger partial charge in [-0.1, -0.05) is 11.6 Å². The first-order chi connectivity index (χ1) is 14.0. The lowest BCUT2D eigenvalue weighted by molar-refractivity contribution is 0.000243. The topological polar surface area (TPSA) is 67.9 Å². The molecule has 0 saturated carbocycles. The SMILES string of the molecule is CCOc1ccc2c(c1)OC1(CCN(C(=O)Nc3ccc(Cl)cc3)CC1)CC2=O. The van der Waals surface area contributed by atoms with Crippen LogP contribution in [0.2, 0.25) is 5.02 Å². The minimum atomic E-state index is -0.564. The molecule has 0 radical (unpaired) electrons. The zero-order valence-corrected chi connectivity index (χ0v) is 17.0. The van der Waals surface area contributed by atoms with Gasteiger partial charge in [0.05, 0.1) is 18.6 Å². The van der Waals surface area contributed by atoms with Crippen LogP contribution in [0.4, 0.5) is 10.5 Å². The van der Waals surface area contributed by atoms with Crippen molar-refractivity contribution in [2.75, 3.05) is 25.0 Å². The number of hydrogen-bond donors (Lipinski definition) is 1. The van der Waals surface area contributed by atoms with Crippen molar-refractivity contribution in [3.63, 3.8) is 0 Å². The molecule has 2 aliphatic rings. The van der Waals surface area contributed by atoms with E-state index in [2.05, 4.69) is 5.32 Å². The van der Waals surface area contributed by atoms with E-state index in [1.807, 2.05) is 6.92 Å². The van der Waals surface area contributed by atoms with E-state index < -0.39 is 5.60 Å². The minimum absolute atomic E-state index is 0.0772. The lowest BCUT2D eigenvalue weighted by Gasteiger charge is -2.43. The molecule has 29 heavy (non-hydrogen) atoms. The van der Waals surface area contributed by atoms with Crippen LogP contribution in [0, 0.1) is 0 Å². The molecule has 7 heteroatoms. The summed E-state index contributed by atoms with van der Waals surface area (Å²) in [5.41, 5.74) is 0.731. The molecule has 2 aliphatic heterocycles. The normalized spacial score (nSPS) is 17.4. The smallest absolute Gasteiger partial charge is 0.321 e. The highest BCUT2D eigenvalue weighted by Crippen LogP contribution is 2.40. The predicted molar refractivity (Wildman–Crippen MR) is 111 cm³/mol. The Morgan fingerprint density at radius 3 is 2.62 bits per heavy atom. The van der Waals surface area contributed by atoms with Gasteiger partial charge in [-0.25, -0.2) is 4.79 Å². The second-order valence-corrected chi connectivity index (χ2v) is 7.84. The fraction of sp³-hybridized carbons (Fsp3) is 0.364. The average molecular weight is 415 g/mol. The Morgan fingerprint density at radius 2 is 1.93 bits per heavy atom. The molecule has 6 nitrogen and oxygen atoms in total. The van der Waals surface area contributed by atoms with Gasteiger partial charge in [-0.05, 0) is 43.3 Å². The zero-order chi connectivity index (χ0) is 20.4. The summed E-state index contributed by atoms with van der Waals surface area (Å²) < 4.78 is 11.8. The molecular weight excluding hydrogens is 392 g/mol. The monoisotopic (exact) mass is 414 g/mol. The van der Waals surface area contributed by atoms with Crippen LogP contribution in [-0.2, 0) is 0 Å². The standard InChI is InChI=1S/C22H23ClN2O4/c1-2-28-17-7-8-18-19(26)14-22(29-20(18)13-17)9-11-25(12-10-22)21(27)24-16-5-3-15(23)4-6-16/h3-8,13H,2,9-12,14H2,1H3,(H,24,27). The number of ether oxygens (including phenoxy) is 2. The first-order valence-corrected chi connectivity index (χ1v) is 10.2. The van der Waals surface area contributed by atoms with E-state index in [0.717, 1.165) is 0 Å². The van der Waals surface area contributed by atoms with E-state index in [0.29, 0.717) is 66.7 Å². The van der Waals surface area contributed by atoms with Crippen LogP contribution in [0.3, 0.4) is 0 Å². The predicted octanol–water partition coefficient (Wildman–Crippen LogP) is 4.77. The first-order valence-electron chi connectivity index (χ1n) is 9.79. The summed E-state index contributed by atoms with van der Waals surface area (Å²) in [7, 11) is 0. The van der Waals surface area contributed by atoms with Crippen molar-refractivity contribution in [3.05, 3.63) is 53.1 Å². The Bertz CT molecular complexity index is 921. The number of carbonyl (C=O) groups excluding carboxylic acids is 2. The molecule has 2 heterocycles. The molecule has 0 aromatic heterocycles. The van der Waals surface area contributed by atoms with E-state index >= 15 is 0 Å². The second kappa shape index (κ2) is 7.95. The number of piperidine rings is 1.